The topological polar surface area (TPSA) is 76.1 Å². The molecule has 0 fully saturated rings. The molecule has 0 radical (unpaired) electrons. The Morgan fingerprint density at radius 3 is 1.42 bits per heavy atom. The van der Waals surface area contributed by atoms with Crippen molar-refractivity contribution in [2.24, 2.45) is 0 Å². The van der Waals surface area contributed by atoms with Gasteiger partial charge in [-0.15, -0.1) is 0 Å². The molecule has 3 aromatic rings. The third-order valence-electron chi connectivity index (χ3n) is 3.81. The summed E-state index contributed by atoms with van der Waals surface area (Å²) in [5, 5.41) is 6.81. The van der Waals surface area contributed by atoms with E-state index in [-0.39, 0.29) is 0 Å². The van der Waals surface area contributed by atoms with Crippen molar-refractivity contribution in [1.82, 2.24) is 0 Å². The van der Waals surface area contributed by atoms with E-state index in [1.807, 2.05) is 48.5 Å². The first kappa shape index (κ1) is 15.7. The molecule has 6 N–H and O–H groups in total. The van der Waals surface area contributed by atoms with Crippen LogP contribution in [0.3, 0.4) is 0 Å². The van der Waals surface area contributed by atoms with Crippen LogP contribution in [0.1, 0.15) is 11.1 Å². The third kappa shape index (κ3) is 4.43. The molecule has 0 aromatic heterocycles. The zero-order chi connectivity index (χ0) is 16.8. The summed E-state index contributed by atoms with van der Waals surface area (Å²) < 4.78 is 0. The predicted octanol–water partition coefficient (Wildman–Crippen LogP) is 4.08. The van der Waals surface area contributed by atoms with Crippen LogP contribution in [-0.4, -0.2) is 0 Å². The SMILES string of the molecule is Nc1ccc(NCc2cccc(CNc3ccc(N)cc3)c2)cc1. The zero-order valence-electron chi connectivity index (χ0n) is 13.5. The van der Waals surface area contributed by atoms with Crippen LogP contribution < -0.4 is 22.1 Å². The second-order valence-electron chi connectivity index (χ2n) is 5.77. The van der Waals surface area contributed by atoms with Crippen LogP contribution in [0, 0.1) is 0 Å². The molecule has 24 heavy (non-hydrogen) atoms. The van der Waals surface area contributed by atoms with Crippen molar-refractivity contribution in [2.45, 2.75) is 13.1 Å². The largest absolute Gasteiger partial charge is 0.399 e. The van der Waals surface area contributed by atoms with E-state index < -0.39 is 0 Å². The molecular formula is C20H22N4. The van der Waals surface area contributed by atoms with Crippen molar-refractivity contribution in [3.8, 4) is 0 Å². The van der Waals surface area contributed by atoms with E-state index in [9.17, 15) is 0 Å². The smallest absolute Gasteiger partial charge is 0.0400 e. The maximum absolute atomic E-state index is 5.70. The molecule has 0 saturated heterocycles. The first-order chi connectivity index (χ1) is 11.7. The molecule has 0 amide bonds. The van der Waals surface area contributed by atoms with Crippen LogP contribution >= 0.6 is 0 Å². The van der Waals surface area contributed by atoms with E-state index in [2.05, 4.69) is 34.9 Å². The maximum atomic E-state index is 5.70. The van der Waals surface area contributed by atoms with E-state index in [1.54, 1.807) is 0 Å². The number of rotatable bonds is 6. The fraction of sp³-hybridized carbons (Fsp3) is 0.100. The van der Waals surface area contributed by atoms with E-state index in [4.69, 9.17) is 11.5 Å². The fourth-order valence-corrected chi connectivity index (χ4v) is 2.46. The van der Waals surface area contributed by atoms with Gasteiger partial charge < -0.3 is 22.1 Å². The van der Waals surface area contributed by atoms with Gasteiger partial charge in [-0.25, -0.2) is 0 Å². The standard InChI is InChI=1S/C20H22N4/c21-17-4-8-19(9-5-17)23-13-15-2-1-3-16(12-15)14-24-20-10-6-18(22)7-11-20/h1-12,23-24H,13-14,21-22H2. The van der Waals surface area contributed by atoms with Gasteiger partial charge >= 0.3 is 0 Å². The molecule has 0 bridgehead atoms. The normalized spacial score (nSPS) is 10.3. The summed E-state index contributed by atoms with van der Waals surface area (Å²) in [5.41, 5.74) is 17.6. The summed E-state index contributed by atoms with van der Waals surface area (Å²) in [6.45, 7) is 1.55. The van der Waals surface area contributed by atoms with E-state index >= 15 is 0 Å². The lowest BCUT2D eigenvalue weighted by atomic mass is 10.1. The van der Waals surface area contributed by atoms with Crippen LogP contribution in [0.15, 0.2) is 72.8 Å². The maximum Gasteiger partial charge on any atom is 0.0400 e. The Bertz CT molecular complexity index is 715. The van der Waals surface area contributed by atoms with Crippen LogP contribution in [0.2, 0.25) is 0 Å². The number of nitrogens with two attached hydrogens (primary N) is 2. The van der Waals surface area contributed by atoms with Crippen molar-refractivity contribution in [1.29, 1.82) is 0 Å². The van der Waals surface area contributed by atoms with Gasteiger partial charge in [0, 0.05) is 35.8 Å². The number of nitrogen functional groups attached to an aromatic ring is 2. The second kappa shape index (κ2) is 7.42. The third-order valence-corrected chi connectivity index (χ3v) is 3.81. The van der Waals surface area contributed by atoms with E-state index in [0.717, 1.165) is 35.8 Å². The summed E-state index contributed by atoms with van der Waals surface area (Å²) in [4.78, 5) is 0. The highest BCUT2D eigenvalue weighted by atomic mass is 14.9. The summed E-state index contributed by atoms with van der Waals surface area (Å²) >= 11 is 0. The highest BCUT2D eigenvalue weighted by molar-refractivity contribution is 5.52. The molecule has 3 rings (SSSR count). The molecule has 0 heterocycles. The minimum absolute atomic E-state index is 0.774. The summed E-state index contributed by atoms with van der Waals surface area (Å²) in [6.07, 6.45) is 0. The van der Waals surface area contributed by atoms with Crippen LogP contribution in [0.4, 0.5) is 22.7 Å². The quantitative estimate of drug-likeness (QED) is 0.517. The highest BCUT2D eigenvalue weighted by Gasteiger charge is 1.98. The van der Waals surface area contributed by atoms with Gasteiger partial charge in [-0.05, 0) is 59.7 Å². The summed E-state index contributed by atoms with van der Waals surface area (Å²) in [5.74, 6) is 0. The Kier molecular flexibility index (Phi) is 4.87. The van der Waals surface area contributed by atoms with Gasteiger partial charge in [-0.2, -0.15) is 0 Å². The summed E-state index contributed by atoms with van der Waals surface area (Å²) in [7, 11) is 0. The molecule has 4 nitrogen and oxygen atoms in total. The average Bonchev–Trinajstić information content (AvgIpc) is 2.61. The Hall–Kier alpha value is -3.14. The van der Waals surface area contributed by atoms with Gasteiger partial charge in [0.2, 0.25) is 0 Å². The lowest BCUT2D eigenvalue weighted by Crippen LogP contribution is -2.03. The average molecular weight is 318 g/mol. The van der Waals surface area contributed by atoms with Gasteiger partial charge in [-0.1, -0.05) is 24.3 Å². The monoisotopic (exact) mass is 318 g/mol. The molecule has 0 spiro atoms. The molecule has 0 unspecified atom stereocenters. The van der Waals surface area contributed by atoms with Gasteiger partial charge in [0.25, 0.3) is 0 Å². The molecule has 0 aliphatic carbocycles. The van der Waals surface area contributed by atoms with Crippen molar-refractivity contribution >= 4 is 22.7 Å². The molecular weight excluding hydrogens is 296 g/mol. The predicted molar refractivity (Wildman–Crippen MR) is 103 cm³/mol. The Balaban J connectivity index is 1.57. The van der Waals surface area contributed by atoms with Gasteiger partial charge in [-0.3, -0.25) is 0 Å². The van der Waals surface area contributed by atoms with Crippen molar-refractivity contribution in [2.75, 3.05) is 22.1 Å². The molecule has 0 aliphatic rings. The van der Waals surface area contributed by atoms with E-state index in [1.165, 1.54) is 11.1 Å². The van der Waals surface area contributed by atoms with Gasteiger partial charge in [0.05, 0.1) is 0 Å². The fourth-order valence-electron chi connectivity index (χ4n) is 2.46. The van der Waals surface area contributed by atoms with Gasteiger partial charge in [0.1, 0.15) is 0 Å². The minimum Gasteiger partial charge on any atom is -0.399 e. The number of hydrogen-bond donors (Lipinski definition) is 4. The first-order valence-electron chi connectivity index (χ1n) is 7.96. The minimum atomic E-state index is 0.774. The molecule has 0 saturated carbocycles. The Labute approximate surface area is 142 Å². The Morgan fingerprint density at radius 2 is 1.00 bits per heavy atom. The number of hydrogen-bond acceptors (Lipinski definition) is 4. The second-order valence-corrected chi connectivity index (χ2v) is 5.77. The molecule has 0 aliphatic heterocycles. The molecule has 0 atom stereocenters. The molecule has 122 valence electrons. The van der Waals surface area contributed by atoms with Crippen LogP contribution in [-0.2, 0) is 13.1 Å². The lowest BCUT2D eigenvalue weighted by Gasteiger charge is -2.10. The lowest BCUT2D eigenvalue weighted by molar-refractivity contribution is 1.10. The van der Waals surface area contributed by atoms with Crippen LogP contribution in [0.25, 0.3) is 0 Å². The number of nitrogens with one attached hydrogen (secondary N) is 2. The Morgan fingerprint density at radius 1 is 0.583 bits per heavy atom. The van der Waals surface area contributed by atoms with Crippen molar-refractivity contribution < 1.29 is 0 Å². The van der Waals surface area contributed by atoms with Crippen LogP contribution in [0.5, 0.6) is 0 Å². The number of anilines is 4. The molecule has 4 heteroatoms. The molecule has 3 aromatic carbocycles. The highest BCUT2D eigenvalue weighted by Crippen LogP contribution is 2.15. The van der Waals surface area contributed by atoms with E-state index in [0.29, 0.717) is 0 Å². The number of benzene rings is 3. The zero-order valence-corrected chi connectivity index (χ0v) is 13.5. The van der Waals surface area contributed by atoms with Crippen molar-refractivity contribution in [3.05, 3.63) is 83.9 Å². The van der Waals surface area contributed by atoms with Gasteiger partial charge in [0.15, 0.2) is 0 Å². The summed E-state index contributed by atoms with van der Waals surface area (Å²) in [6, 6.07) is 24.1. The first-order valence-corrected chi connectivity index (χ1v) is 7.96. The van der Waals surface area contributed by atoms with Crippen molar-refractivity contribution in [3.63, 3.8) is 0 Å².